The van der Waals surface area contributed by atoms with Crippen molar-refractivity contribution >= 4 is 11.0 Å². The molecule has 3 aromatic rings. The predicted octanol–water partition coefficient (Wildman–Crippen LogP) is 2.93. The minimum absolute atomic E-state index is 0.0653. The van der Waals surface area contributed by atoms with Gasteiger partial charge in [-0.2, -0.15) is 0 Å². The molecule has 32 heavy (non-hydrogen) atoms. The van der Waals surface area contributed by atoms with Gasteiger partial charge in [0.2, 0.25) is 0 Å². The van der Waals surface area contributed by atoms with Crippen LogP contribution in [-0.2, 0) is 0 Å². The van der Waals surface area contributed by atoms with E-state index in [-0.39, 0.29) is 17.8 Å². The number of aliphatic hydroxyl groups is 1. The van der Waals surface area contributed by atoms with Crippen molar-refractivity contribution in [2.75, 3.05) is 52.5 Å². The van der Waals surface area contributed by atoms with Crippen molar-refractivity contribution in [1.29, 1.82) is 0 Å². The van der Waals surface area contributed by atoms with Crippen LogP contribution in [0.1, 0.15) is 12.8 Å². The van der Waals surface area contributed by atoms with Gasteiger partial charge >= 0.3 is 0 Å². The molecule has 1 aromatic heterocycles. The number of benzene rings is 2. The molecule has 0 bridgehead atoms. The van der Waals surface area contributed by atoms with Gasteiger partial charge in [-0.3, -0.25) is 9.69 Å². The summed E-state index contributed by atoms with van der Waals surface area (Å²) in [6.45, 7) is 6.92. The summed E-state index contributed by atoms with van der Waals surface area (Å²) in [5.74, 6) is 0.844. The number of β-amino-alcohol motifs (C(OH)–C–C–N with tert-alkyl or cyclic N) is 1. The molecule has 7 nitrogen and oxygen atoms in total. The molecule has 0 amide bonds. The molecular weight excluding hydrogens is 408 g/mol. The van der Waals surface area contributed by atoms with E-state index in [1.165, 1.54) is 18.4 Å². The van der Waals surface area contributed by atoms with Crippen LogP contribution in [0, 0.1) is 0 Å². The molecule has 0 saturated carbocycles. The predicted molar refractivity (Wildman–Crippen MR) is 124 cm³/mol. The Bertz CT molecular complexity index is 1070. The lowest BCUT2D eigenvalue weighted by Crippen LogP contribution is -2.47. The Balaban J connectivity index is 1.24. The third-order valence-corrected chi connectivity index (χ3v) is 5.94. The third kappa shape index (κ3) is 5.48. The number of aliphatic hydroxyl groups excluding tert-OH is 1. The zero-order valence-electron chi connectivity index (χ0n) is 18.2. The van der Waals surface area contributed by atoms with Crippen LogP contribution in [-0.4, -0.2) is 72.5 Å². The maximum Gasteiger partial charge on any atom is 0.200 e. The summed E-state index contributed by atoms with van der Waals surface area (Å²) in [5.41, 5.74) is 1.48. The van der Waals surface area contributed by atoms with Crippen LogP contribution in [0.15, 0.2) is 57.9 Å². The number of hydrogen-bond donors (Lipinski definition) is 2. The van der Waals surface area contributed by atoms with Crippen LogP contribution in [0.5, 0.6) is 11.5 Å². The average Bonchev–Trinajstić information content (AvgIpc) is 2.81. The maximum absolute atomic E-state index is 12.8. The minimum atomic E-state index is -0.128. The number of nitrogens with zero attached hydrogens (tertiary/aromatic N) is 2. The highest BCUT2D eigenvalue weighted by atomic mass is 16.5. The quantitative estimate of drug-likeness (QED) is 0.497. The van der Waals surface area contributed by atoms with Crippen LogP contribution >= 0.6 is 0 Å². The Labute approximate surface area is 187 Å². The highest BCUT2D eigenvalue weighted by molar-refractivity contribution is 5.82. The molecule has 170 valence electrons. The van der Waals surface area contributed by atoms with Crippen LogP contribution < -0.4 is 10.2 Å². The monoisotopic (exact) mass is 438 g/mol. The number of hydrogen-bond acceptors (Lipinski definition) is 7. The summed E-state index contributed by atoms with van der Waals surface area (Å²) >= 11 is 0. The first-order chi connectivity index (χ1) is 15.6. The average molecular weight is 439 g/mol. The maximum atomic E-state index is 12.8. The highest BCUT2D eigenvalue weighted by Crippen LogP contribution is 2.24. The molecule has 0 radical (unpaired) electrons. The van der Waals surface area contributed by atoms with Crippen molar-refractivity contribution in [3.8, 4) is 22.6 Å². The minimum Gasteiger partial charge on any atom is -0.508 e. The molecule has 0 unspecified atom stereocenters. The van der Waals surface area contributed by atoms with Gasteiger partial charge in [-0.05, 0) is 49.2 Å². The van der Waals surface area contributed by atoms with E-state index >= 15 is 0 Å². The Morgan fingerprint density at radius 3 is 2.38 bits per heavy atom. The van der Waals surface area contributed by atoms with E-state index < -0.39 is 0 Å². The number of phenols is 1. The standard InChI is InChI=1S/C25H30N2O5/c28-15-14-27-12-10-26(11-13-27)9-1-2-16-31-21-6-3-19(4-7-21)23-18-32-24-17-20(29)5-8-22(24)25(23)30/h3-8,17-18,28-29H,1-2,9-16H2. The van der Waals surface area contributed by atoms with Crippen LogP contribution in [0.3, 0.4) is 0 Å². The van der Waals surface area contributed by atoms with Crippen molar-refractivity contribution in [3.05, 3.63) is 59.0 Å². The van der Waals surface area contributed by atoms with E-state index in [0.29, 0.717) is 23.1 Å². The van der Waals surface area contributed by atoms with E-state index in [4.69, 9.17) is 14.3 Å². The van der Waals surface area contributed by atoms with Gasteiger partial charge in [-0.15, -0.1) is 0 Å². The smallest absolute Gasteiger partial charge is 0.200 e. The lowest BCUT2D eigenvalue weighted by molar-refractivity contribution is 0.110. The second-order valence-corrected chi connectivity index (χ2v) is 8.15. The molecule has 2 aromatic carbocycles. The van der Waals surface area contributed by atoms with Gasteiger partial charge in [-0.1, -0.05) is 12.1 Å². The summed E-state index contributed by atoms with van der Waals surface area (Å²) < 4.78 is 11.4. The van der Waals surface area contributed by atoms with E-state index in [1.807, 2.05) is 24.3 Å². The molecule has 1 aliphatic rings. The molecule has 0 atom stereocenters. The number of ether oxygens (including phenoxy) is 1. The lowest BCUT2D eigenvalue weighted by atomic mass is 10.1. The molecule has 0 aliphatic carbocycles. The van der Waals surface area contributed by atoms with E-state index in [2.05, 4.69) is 9.80 Å². The van der Waals surface area contributed by atoms with E-state index in [1.54, 1.807) is 6.07 Å². The van der Waals surface area contributed by atoms with Gasteiger partial charge < -0.3 is 24.3 Å². The first-order valence-corrected chi connectivity index (χ1v) is 11.2. The first-order valence-electron chi connectivity index (χ1n) is 11.2. The number of unbranched alkanes of at least 4 members (excludes halogenated alkanes) is 1. The highest BCUT2D eigenvalue weighted by Gasteiger charge is 2.15. The first kappa shape index (κ1) is 22.3. The van der Waals surface area contributed by atoms with Gasteiger partial charge in [0.25, 0.3) is 0 Å². The SMILES string of the molecule is O=c1c(-c2ccc(OCCCCN3CCN(CCO)CC3)cc2)coc2cc(O)ccc12. The van der Waals surface area contributed by atoms with E-state index in [9.17, 15) is 9.90 Å². The second kappa shape index (κ2) is 10.6. The van der Waals surface area contributed by atoms with Gasteiger partial charge in [-0.25, -0.2) is 0 Å². The number of piperazine rings is 1. The largest absolute Gasteiger partial charge is 0.508 e. The Hall–Kier alpha value is -2.87. The van der Waals surface area contributed by atoms with Crippen molar-refractivity contribution in [2.45, 2.75) is 12.8 Å². The van der Waals surface area contributed by atoms with Gasteiger partial charge in [0.15, 0.2) is 5.43 Å². The summed E-state index contributed by atoms with van der Waals surface area (Å²) in [7, 11) is 0. The fourth-order valence-electron chi connectivity index (χ4n) is 4.05. The van der Waals surface area contributed by atoms with Crippen molar-refractivity contribution in [1.82, 2.24) is 9.80 Å². The zero-order valence-corrected chi connectivity index (χ0v) is 18.2. The van der Waals surface area contributed by atoms with Crippen LogP contribution in [0.25, 0.3) is 22.1 Å². The molecule has 2 N–H and O–H groups in total. The van der Waals surface area contributed by atoms with Crippen molar-refractivity contribution in [2.24, 2.45) is 0 Å². The molecule has 4 rings (SSSR count). The van der Waals surface area contributed by atoms with Crippen molar-refractivity contribution in [3.63, 3.8) is 0 Å². The Morgan fingerprint density at radius 2 is 1.66 bits per heavy atom. The number of fused-ring (bicyclic) bond motifs is 1. The van der Waals surface area contributed by atoms with Crippen molar-refractivity contribution < 1.29 is 19.4 Å². The molecular formula is C25H30N2O5. The second-order valence-electron chi connectivity index (χ2n) is 8.15. The molecule has 7 heteroatoms. The molecule has 1 fully saturated rings. The number of phenolic OH excluding ortho intramolecular Hbond substituents is 1. The number of aromatic hydroxyl groups is 1. The van der Waals surface area contributed by atoms with Gasteiger partial charge in [0.1, 0.15) is 23.3 Å². The summed E-state index contributed by atoms with van der Waals surface area (Å²) in [6.07, 6.45) is 3.51. The fraction of sp³-hybridized carbons (Fsp3) is 0.400. The normalized spacial score (nSPS) is 15.3. The Morgan fingerprint density at radius 1 is 0.938 bits per heavy atom. The van der Waals surface area contributed by atoms with Crippen LogP contribution in [0.4, 0.5) is 0 Å². The molecule has 1 aliphatic heterocycles. The van der Waals surface area contributed by atoms with Gasteiger partial charge in [0, 0.05) is 38.8 Å². The molecule has 0 spiro atoms. The topological polar surface area (TPSA) is 86.4 Å². The van der Waals surface area contributed by atoms with Crippen LogP contribution in [0.2, 0.25) is 0 Å². The summed E-state index contributed by atoms with van der Waals surface area (Å²) in [6, 6.07) is 12.0. The van der Waals surface area contributed by atoms with E-state index in [0.717, 1.165) is 63.4 Å². The van der Waals surface area contributed by atoms with Gasteiger partial charge in [0.05, 0.1) is 24.2 Å². The molecule has 2 heterocycles. The fourth-order valence-corrected chi connectivity index (χ4v) is 4.05. The molecule has 1 saturated heterocycles. The third-order valence-electron chi connectivity index (χ3n) is 5.94. The lowest BCUT2D eigenvalue weighted by Gasteiger charge is -2.34. The summed E-state index contributed by atoms with van der Waals surface area (Å²) in [5, 5.41) is 19.0. The zero-order chi connectivity index (χ0) is 22.3. The summed E-state index contributed by atoms with van der Waals surface area (Å²) in [4.78, 5) is 17.5. The number of rotatable bonds is 9. The Kier molecular flexibility index (Phi) is 7.42.